The smallest absolute Gasteiger partial charge is 0.306 e. The van der Waals surface area contributed by atoms with Crippen molar-refractivity contribution in [3.8, 4) is 0 Å². The van der Waals surface area contributed by atoms with E-state index >= 15 is 0 Å². The van der Waals surface area contributed by atoms with E-state index < -0.39 is 12.1 Å². The number of hydrogen-bond acceptors (Lipinski definition) is 6. The number of carbonyl (C=O) groups is 3. The largest absolute Gasteiger partial charge is 0.462 e. The second-order valence-electron chi connectivity index (χ2n) is 15.3. The Morgan fingerprint density at radius 1 is 0.379 bits per heavy atom. The van der Waals surface area contributed by atoms with Crippen molar-refractivity contribution in [2.45, 2.75) is 213 Å². The van der Waals surface area contributed by atoms with E-state index in [0.717, 1.165) is 89.9 Å². The minimum Gasteiger partial charge on any atom is -0.462 e. The van der Waals surface area contributed by atoms with Crippen LogP contribution in [0.1, 0.15) is 207 Å². The lowest BCUT2D eigenvalue weighted by atomic mass is 10.1. The molecule has 0 aliphatic heterocycles. The number of unbranched alkanes of at least 4 members (excludes halogenated alkanes) is 18. The first kappa shape index (κ1) is 54.6. The lowest BCUT2D eigenvalue weighted by Crippen LogP contribution is -2.30. The van der Waals surface area contributed by atoms with Gasteiger partial charge in [-0.3, -0.25) is 14.4 Å². The summed E-state index contributed by atoms with van der Waals surface area (Å²) in [5.74, 6) is -1.05. The average Bonchev–Trinajstić information content (AvgIpc) is 3.22. The van der Waals surface area contributed by atoms with Gasteiger partial charge in [-0.1, -0.05) is 183 Å². The van der Waals surface area contributed by atoms with Crippen LogP contribution in [-0.2, 0) is 28.6 Å². The monoisotopic (exact) mass is 807 g/mol. The molecule has 0 aliphatic rings. The van der Waals surface area contributed by atoms with Gasteiger partial charge in [0.2, 0.25) is 0 Å². The first-order valence-corrected chi connectivity index (χ1v) is 23.6. The van der Waals surface area contributed by atoms with Gasteiger partial charge in [-0.2, -0.15) is 0 Å². The first-order chi connectivity index (χ1) is 28.5. The van der Waals surface area contributed by atoms with Crippen molar-refractivity contribution in [3.05, 3.63) is 85.1 Å². The Morgan fingerprint density at radius 2 is 0.776 bits per heavy atom. The molecule has 0 saturated carbocycles. The molecule has 0 N–H and O–H groups in total. The molecule has 58 heavy (non-hydrogen) atoms. The minimum absolute atomic E-state index is 0.121. The van der Waals surface area contributed by atoms with Crippen LogP contribution in [0.4, 0.5) is 0 Å². The summed E-state index contributed by atoms with van der Waals surface area (Å²) in [6.45, 7) is 6.37. The quantitative estimate of drug-likeness (QED) is 0.0201. The zero-order chi connectivity index (χ0) is 42.3. The molecular formula is C52H86O6. The molecule has 0 bridgehead atoms. The van der Waals surface area contributed by atoms with Crippen LogP contribution in [0.3, 0.4) is 0 Å². The second kappa shape index (κ2) is 46.3. The third-order valence-electron chi connectivity index (χ3n) is 9.68. The molecule has 1 unspecified atom stereocenters. The number of hydrogen-bond donors (Lipinski definition) is 0. The highest BCUT2D eigenvalue weighted by Gasteiger charge is 2.19. The van der Waals surface area contributed by atoms with E-state index in [4.69, 9.17) is 14.2 Å². The Hall–Kier alpha value is -3.41. The van der Waals surface area contributed by atoms with Crippen LogP contribution in [0.2, 0.25) is 0 Å². The Labute approximate surface area is 356 Å². The maximum Gasteiger partial charge on any atom is 0.306 e. The van der Waals surface area contributed by atoms with E-state index in [-0.39, 0.29) is 31.6 Å². The molecule has 0 aromatic rings. The lowest BCUT2D eigenvalue weighted by Gasteiger charge is -2.18. The van der Waals surface area contributed by atoms with Gasteiger partial charge in [0.25, 0.3) is 0 Å². The van der Waals surface area contributed by atoms with Crippen LogP contribution >= 0.6 is 0 Å². The standard InChI is InChI=1S/C52H86O6/c1-4-7-10-13-16-19-21-23-24-25-26-27-29-30-33-36-39-42-45-51(54)57-48-49(47-56-50(53)44-41-38-35-32-18-15-12-9-6-3)58-52(55)46-43-40-37-34-31-28-22-20-17-14-11-8-5-2/h9,12,18,21,23-28,31-32,37,40,49H,4-8,10-11,13-17,19-20,22,29-30,33-36,38-39,41-48H2,1-3H3/b12-9-,23-21-,25-24-,27-26-,31-28-,32-18-,40-37-. The molecule has 0 aromatic heterocycles. The Balaban J connectivity index is 4.47. The van der Waals surface area contributed by atoms with Crippen molar-refractivity contribution >= 4 is 17.9 Å². The van der Waals surface area contributed by atoms with E-state index in [9.17, 15) is 14.4 Å². The number of ether oxygens (including phenoxy) is 3. The van der Waals surface area contributed by atoms with Gasteiger partial charge in [0.15, 0.2) is 6.10 Å². The van der Waals surface area contributed by atoms with Crippen molar-refractivity contribution in [2.75, 3.05) is 13.2 Å². The molecule has 0 aromatic carbocycles. The van der Waals surface area contributed by atoms with E-state index in [2.05, 4.69) is 99.8 Å². The van der Waals surface area contributed by atoms with Crippen LogP contribution < -0.4 is 0 Å². The Bertz CT molecular complexity index is 1160. The fourth-order valence-corrected chi connectivity index (χ4v) is 6.12. The molecule has 0 rings (SSSR count). The van der Waals surface area contributed by atoms with Gasteiger partial charge in [-0.25, -0.2) is 0 Å². The summed E-state index contributed by atoms with van der Waals surface area (Å²) in [5.41, 5.74) is 0. The molecule has 0 amide bonds. The van der Waals surface area contributed by atoms with Crippen LogP contribution in [0, 0.1) is 0 Å². The molecule has 0 radical (unpaired) electrons. The minimum atomic E-state index is -0.826. The molecule has 0 aliphatic carbocycles. The molecule has 1 atom stereocenters. The van der Waals surface area contributed by atoms with Crippen LogP contribution in [0.15, 0.2) is 85.1 Å². The fourth-order valence-electron chi connectivity index (χ4n) is 6.12. The SMILES string of the molecule is CC/C=C\C/C=C\CCCCC(=O)OCC(COC(=O)CCCCCCC\C=C/C=C\C=C/CCCCCCC)OC(=O)CC/C=C\C/C=C\CCCCCCCC. The summed E-state index contributed by atoms with van der Waals surface area (Å²) < 4.78 is 16.6. The zero-order valence-corrected chi connectivity index (χ0v) is 37.5. The third-order valence-corrected chi connectivity index (χ3v) is 9.68. The van der Waals surface area contributed by atoms with Crippen LogP contribution in [0.25, 0.3) is 0 Å². The molecule has 0 fully saturated rings. The van der Waals surface area contributed by atoms with Gasteiger partial charge in [-0.15, -0.1) is 0 Å². The van der Waals surface area contributed by atoms with Gasteiger partial charge < -0.3 is 14.2 Å². The highest BCUT2D eigenvalue weighted by Crippen LogP contribution is 2.11. The molecular weight excluding hydrogens is 721 g/mol. The van der Waals surface area contributed by atoms with Gasteiger partial charge in [-0.05, 0) is 89.9 Å². The maximum atomic E-state index is 12.7. The van der Waals surface area contributed by atoms with Crippen molar-refractivity contribution in [1.82, 2.24) is 0 Å². The Morgan fingerprint density at radius 3 is 1.28 bits per heavy atom. The maximum absolute atomic E-state index is 12.7. The van der Waals surface area contributed by atoms with Crippen LogP contribution in [0.5, 0.6) is 0 Å². The summed E-state index contributed by atoms with van der Waals surface area (Å²) in [6.07, 6.45) is 58.8. The summed E-state index contributed by atoms with van der Waals surface area (Å²) in [7, 11) is 0. The number of carbonyl (C=O) groups excluding carboxylic acids is 3. The van der Waals surface area contributed by atoms with Gasteiger partial charge in [0.1, 0.15) is 13.2 Å². The molecule has 6 nitrogen and oxygen atoms in total. The Kier molecular flexibility index (Phi) is 43.6. The number of esters is 3. The summed E-state index contributed by atoms with van der Waals surface area (Å²) in [6, 6.07) is 0. The normalized spacial score (nSPS) is 12.8. The predicted molar refractivity (Wildman–Crippen MR) is 247 cm³/mol. The molecule has 6 heteroatoms. The second-order valence-corrected chi connectivity index (χ2v) is 15.3. The van der Waals surface area contributed by atoms with E-state index in [0.29, 0.717) is 19.3 Å². The predicted octanol–water partition coefficient (Wildman–Crippen LogP) is 15.3. The van der Waals surface area contributed by atoms with Crippen LogP contribution in [-0.4, -0.2) is 37.2 Å². The number of rotatable bonds is 41. The molecule has 330 valence electrons. The summed E-state index contributed by atoms with van der Waals surface area (Å²) in [4.78, 5) is 37.7. The zero-order valence-electron chi connectivity index (χ0n) is 37.5. The molecule has 0 heterocycles. The van der Waals surface area contributed by atoms with Gasteiger partial charge >= 0.3 is 17.9 Å². The highest BCUT2D eigenvalue weighted by molar-refractivity contribution is 5.71. The van der Waals surface area contributed by atoms with E-state index in [1.807, 2.05) is 6.08 Å². The summed E-state index contributed by atoms with van der Waals surface area (Å²) >= 11 is 0. The first-order valence-electron chi connectivity index (χ1n) is 23.6. The molecule has 0 spiro atoms. The lowest BCUT2D eigenvalue weighted by molar-refractivity contribution is -0.166. The number of allylic oxidation sites excluding steroid dienone is 14. The fraction of sp³-hybridized carbons (Fsp3) is 0.673. The van der Waals surface area contributed by atoms with E-state index in [1.54, 1.807) is 0 Å². The average molecular weight is 807 g/mol. The van der Waals surface area contributed by atoms with Gasteiger partial charge in [0, 0.05) is 19.3 Å². The van der Waals surface area contributed by atoms with E-state index in [1.165, 1.54) is 70.6 Å². The van der Waals surface area contributed by atoms with Crippen molar-refractivity contribution in [3.63, 3.8) is 0 Å². The van der Waals surface area contributed by atoms with Crippen molar-refractivity contribution in [1.29, 1.82) is 0 Å². The molecule has 0 saturated heterocycles. The highest BCUT2D eigenvalue weighted by atomic mass is 16.6. The topological polar surface area (TPSA) is 78.9 Å². The summed E-state index contributed by atoms with van der Waals surface area (Å²) in [5, 5.41) is 0. The van der Waals surface area contributed by atoms with Crippen molar-refractivity contribution < 1.29 is 28.6 Å². The third kappa shape index (κ3) is 43.7. The van der Waals surface area contributed by atoms with Gasteiger partial charge in [0.05, 0.1) is 0 Å². The van der Waals surface area contributed by atoms with Crippen molar-refractivity contribution in [2.24, 2.45) is 0 Å².